The van der Waals surface area contributed by atoms with Crippen LogP contribution in [0.15, 0.2) is 24.3 Å². The van der Waals surface area contributed by atoms with Crippen molar-refractivity contribution in [2.75, 3.05) is 12.4 Å². The highest BCUT2D eigenvalue weighted by Crippen LogP contribution is 2.24. The second kappa shape index (κ2) is 6.75. The topological polar surface area (TPSA) is 53.2 Å². The van der Waals surface area contributed by atoms with Crippen LogP contribution in [0.3, 0.4) is 0 Å². The van der Waals surface area contributed by atoms with E-state index in [9.17, 15) is 4.79 Å². The first-order chi connectivity index (χ1) is 9.58. The van der Waals surface area contributed by atoms with Crippen LogP contribution in [0.2, 0.25) is 0 Å². The summed E-state index contributed by atoms with van der Waals surface area (Å²) in [5.41, 5.74) is 2.01. The van der Waals surface area contributed by atoms with E-state index in [1.54, 1.807) is 0 Å². The molecule has 1 aliphatic carbocycles. The summed E-state index contributed by atoms with van der Waals surface area (Å²) in [6.45, 7) is 4.33. The zero-order chi connectivity index (χ0) is 14.5. The minimum absolute atomic E-state index is 0.0987. The van der Waals surface area contributed by atoms with E-state index in [2.05, 4.69) is 35.9 Å². The van der Waals surface area contributed by atoms with Gasteiger partial charge in [-0.3, -0.25) is 0 Å². The van der Waals surface area contributed by atoms with Crippen LogP contribution in [0, 0.1) is 5.92 Å². The lowest BCUT2D eigenvalue weighted by atomic mass is 10.1. The average molecular weight is 275 g/mol. The molecule has 1 fully saturated rings. The van der Waals surface area contributed by atoms with Crippen LogP contribution in [0.1, 0.15) is 44.7 Å². The maximum absolute atomic E-state index is 12.0. The van der Waals surface area contributed by atoms with Crippen LogP contribution in [0.5, 0.6) is 0 Å². The van der Waals surface area contributed by atoms with E-state index in [0.717, 1.165) is 24.4 Å². The fourth-order valence-corrected chi connectivity index (χ4v) is 2.74. The first-order valence-corrected chi connectivity index (χ1v) is 7.43. The van der Waals surface area contributed by atoms with Crippen LogP contribution in [0.4, 0.5) is 10.5 Å². The number of nitrogens with one attached hydrogen (secondary N) is 3. The van der Waals surface area contributed by atoms with Gasteiger partial charge in [0.1, 0.15) is 0 Å². The molecule has 0 heterocycles. The monoisotopic (exact) mass is 275 g/mol. The van der Waals surface area contributed by atoms with E-state index in [4.69, 9.17) is 0 Å². The molecule has 0 radical (unpaired) electrons. The minimum Gasteiger partial charge on any atom is -0.335 e. The minimum atomic E-state index is -0.0987. The smallest absolute Gasteiger partial charge is 0.319 e. The van der Waals surface area contributed by atoms with Gasteiger partial charge in [0.15, 0.2) is 0 Å². The number of carbonyl (C=O) groups is 1. The summed E-state index contributed by atoms with van der Waals surface area (Å²) in [5.74, 6) is 0.722. The first-order valence-electron chi connectivity index (χ1n) is 7.43. The van der Waals surface area contributed by atoms with Crippen LogP contribution in [-0.2, 0) is 0 Å². The Morgan fingerprint density at radius 1 is 1.35 bits per heavy atom. The van der Waals surface area contributed by atoms with Crippen molar-refractivity contribution in [2.45, 2.75) is 45.2 Å². The van der Waals surface area contributed by atoms with Crippen molar-refractivity contribution >= 4 is 11.7 Å². The van der Waals surface area contributed by atoms with Crippen molar-refractivity contribution in [3.8, 4) is 0 Å². The zero-order valence-corrected chi connectivity index (χ0v) is 12.6. The molecule has 20 heavy (non-hydrogen) atoms. The van der Waals surface area contributed by atoms with Crippen molar-refractivity contribution in [3.05, 3.63) is 29.8 Å². The van der Waals surface area contributed by atoms with Crippen molar-refractivity contribution in [3.63, 3.8) is 0 Å². The molecule has 0 bridgehead atoms. The molecule has 4 nitrogen and oxygen atoms in total. The third-order valence-corrected chi connectivity index (χ3v) is 4.11. The lowest BCUT2D eigenvalue weighted by Crippen LogP contribution is -2.36. The first kappa shape index (κ1) is 14.9. The molecule has 0 aromatic heterocycles. The van der Waals surface area contributed by atoms with E-state index in [-0.39, 0.29) is 12.1 Å². The quantitative estimate of drug-likeness (QED) is 0.790. The molecule has 0 spiro atoms. The Hall–Kier alpha value is -1.55. The van der Waals surface area contributed by atoms with E-state index < -0.39 is 0 Å². The molecule has 3 unspecified atom stereocenters. The Labute approximate surface area is 121 Å². The van der Waals surface area contributed by atoms with Crippen molar-refractivity contribution in [1.82, 2.24) is 10.6 Å². The summed E-state index contributed by atoms with van der Waals surface area (Å²) < 4.78 is 0. The number of anilines is 1. The Kier molecular flexibility index (Phi) is 5.01. The standard InChI is InChI=1S/C16H25N3O/c1-11-7-8-15(9-11)19-16(20)18-14-6-4-5-13(10-14)12(2)17-3/h4-6,10-12,15,17H,7-9H2,1-3H3,(H2,18,19,20). The van der Waals surface area contributed by atoms with Crippen LogP contribution in [0.25, 0.3) is 0 Å². The number of urea groups is 1. The molecule has 1 saturated carbocycles. The van der Waals surface area contributed by atoms with Crippen LogP contribution < -0.4 is 16.0 Å². The molecule has 4 heteroatoms. The van der Waals surface area contributed by atoms with E-state index >= 15 is 0 Å². The molecule has 2 amide bonds. The fourth-order valence-electron chi connectivity index (χ4n) is 2.74. The summed E-state index contributed by atoms with van der Waals surface area (Å²) in [7, 11) is 1.93. The number of rotatable bonds is 4. The number of benzene rings is 1. The zero-order valence-electron chi connectivity index (χ0n) is 12.6. The van der Waals surface area contributed by atoms with Gasteiger partial charge in [0.05, 0.1) is 0 Å². The Bertz CT molecular complexity index is 461. The molecular weight excluding hydrogens is 250 g/mol. The lowest BCUT2D eigenvalue weighted by molar-refractivity contribution is 0.248. The fraction of sp³-hybridized carbons (Fsp3) is 0.562. The SMILES string of the molecule is CNC(C)c1cccc(NC(=O)NC2CCC(C)C2)c1. The Morgan fingerprint density at radius 3 is 2.80 bits per heavy atom. The molecule has 0 saturated heterocycles. The Morgan fingerprint density at radius 2 is 2.15 bits per heavy atom. The van der Waals surface area contributed by atoms with Crippen LogP contribution >= 0.6 is 0 Å². The summed E-state index contributed by atoms with van der Waals surface area (Å²) >= 11 is 0. The molecule has 3 atom stereocenters. The summed E-state index contributed by atoms with van der Waals surface area (Å²) in [6.07, 6.45) is 3.38. The van der Waals surface area contributed by atoms with Crippen LogP contribution in [-0.4, -0.2) is 19.1 Å². The molecule has 0 aliphatic heterocycles. The molecule has 1 aliphatic rings. The molecule has 110 valence electrons. The summed E-state index contributed by atoms with van der Waals surface area (Å²) in [6, 6.07) is 8.46. The maximum atomic E-state index is 12.0. The molecule has 3 N–H and O–H groups in total. The second-order valence-electron chi connectivity index (χ2n) is 5.85. The predicted molar refractivity (Wildman–Crippen MR) is 82.9 cm³/mol. The van der Waals surface area contributed by atoms with Gasteiger partial charge in [-0.05, 0) is 56.8 Å². The molecule has 1 aromatic rings. The molecular formula is C16H25N3O. The number of hydrogen-bond donors (Lipinski definition) is 3. The normalized spacial score (nSPS) is 23.4. The summed E-state index contributed by atoms with van der Waals surface area (Å²) in [5, 5.41) is 9.18. The highest BCUT2D eigenvalue weighted by molar-refractivity contribution is 5.89. The van der Waals surface area contributed by atoms with Gasteiger partial charge in [-0.15, -0.1) is 0 Å². The van der Waals surface area contributed by atoms with E-state index in [1.807, 2.05) is 25.2 Å². The number of carbonyl (C=O) groups excluding carboxylic acids is 1. The molecule has 1 aromatic carbocycles. The lowest BCUT2D eigenvalue weighted by Gasteiger charge is -2.15. The van der Waals surface area contributed by atoms with Gasteiger partial charge in [0.2, 0.25) is 0 Å². The predicted octanol–water partition coefficient (Wildman–Crippen LogP) is 3.28. The van der Waals surface area contributed by atoms with Crippen molar-refractivity contribution < 1.29 is 4.79 Å². The summed E-state index contributed by atoms with van der Waals surface area (Å²) in [4.78, 5) is 12.0. The highest BCUT2D eigenvalue weighted by Gasteiger charge is 2.22. The number of hydrogen-bond acceptors (Lipinski definition) is 2. The Balaban J connectivity index is 1.90. The molecule has 2 rings (SSSR count). The van der Waals surface area contributed by atoms with Gasteiger partial charge < -0.3 is 16.0 Å². The van der Waals surface area contributed by atoms with Crippen molar-refractivity contribution in [2.24, 2.45) is 5.92 Å². The number of amides is 2. The largest absolute Gasteiger partial charge is 0.335 e. The average Bonchev–Trinajstić information content (AvgIpc) is 2.83. The van der Waals surface area contributed by atoms with Gasteiger partial charge in [-0.1, -0.05) is 19.1 Å². The van der Waals surface area contributed by atoms with Gasteiger partial charge in [0, 0.05) is 17.8 Å². The second-order valence-corrected chi connectivity index (χ2v) is 5.85. The highest BCUT2D eigenvalue weighted by atomic mass is 16.2. The van der Waals surface area contributed by atoms with Gasteiger partial charge in [0.25, 0.3) is 0 Å². The van der Waals surface area contributed by atoms with E-state index in [0.29, 0.717) is 6.04 Å². The maximum Gasteiger partial charge on any atom is 0.319 e. The third kappa shape index (κ3) is 3.97. The van der Waals surface area contributed by atoms with Gasteiger partial charge in [-0.2, -0.15) is 0 Å². The van der Waals surface area contributed by atoms with E-state index in [1.165, 1.54) is 12.0 Å². The third-order valence-electron chi connectivity index (χ3n) is 4.11. The van der Waals surface area contributed by atoms with Gasteiger partial charge in [-0.25, -0.2) is 4.79 Å². The van der Waals surface area contributed by atoms with Gasteiger partial charge >= 0.3 is 6.03 Å². The van der Waals surface area contributed by atoms with Crippen molar-refractivity contribution in [1.29, 1.82) is 0 Å².